The van der Waals surface area contributed by atoms with E-state index in [1.807, 2.05) is 60.7 Å². The molecule has 5 rings (SSSR count). The summed E-state index contributed by atoms with van der Waals surface area (Å²) in [6.07, 6.45) is 2.57. The van der Waals surface area contributed by atoms with Gasteiger partial charge in [-0.05, 0) is 74.0 Å². The number of likely N-dealkylation sites (tertiary alicyclic amines) is 1. The van der Waals surface area contributed by atoms with Gasteiger partial charge < -0.3 is 9.84 Å². The summed E-state index contributed by atoms with van der Waals surface area (Å²) in [7, 11) is 0. The van der Waals surface area contributed by atoms with Gasteiger partial charge in [-0.15, -0.1) is 11.3 Å². The molecule has 1 aromatic heterocycles. The summed E-state index contributed by atoms with van der Waals surface area (Å²) in [4.78, 5) is 16.8. The SMILES string of the molecule is O=C(c1ccccc1)c1c(-c2ccc(OCCN3CCCC3)cc2)sc2cc(O)ccc12. The van der Waals surface area contributed by atoms with Crippen molar-refractivity contribution in [2.75, 3.05) is 26.2 Å². The molecule has 32 heavy (non-hydrogen) atoms. The number of hydrogen-bond donors (Lipinski definition) is 1. The van der Waals surface area contributed by atoms with Crippen LogP contribution in [0.4, 0.5) is 0 Å². The fourth-order valence-corrected chi connectivity index (χ4v) is 5.49. The Bertz CT molecular complexity index is 1230. The molecule has 5 heteroatoms. The van der Waals surface area contributed by atoms with E-state index in [9.17, 15) is 9.90 Å². The molecule has 1 aliphatic rings. The third kappa shape index (κ3) is 4.27. The van der Waals surface area contributed by atoms with Gasteiger partial charge in [0.2, 0.25) is 0 Å². The molecule has 1 aliphatic heterocycles. The molecule has 0 radical (unpaired) electrons. The maximum Gasteiger partial charge on any atom is 0.195 e. The van der Waals surface area contributed by atoms with Gasteiger partial charge in [-0.2, -0.15) is 0 Å². The van der Waals surface area contributed by atoms with Crippen molar-refractivity contribution in [3.63, 3.8) is 0 Å². The van der Waals surface area contributed by atoms with Crippen LogP contribution in [0, 0.1) is 0 Å². The van der Waals surface area contributed by atoms with Crippen LogP contribution in [0.1, 0.15) is 28.8 Å². The Hall–Kier alpha value is -3.15. The van der Waals surface area contributed by atoms with Gasteiger partial charge in [0, 0.05) is 32.6 Å². The minimum atomic E-state index is -0.0107. The highest BCUT2D eigenvalue weighted by Gasteiger charge is 2.21. The Balaban J connectivity index is 1.44. The van der Waals surface area contributed by atoms with Crippen molar-refractivity contribution in [2.45, 2.75) is 12.8 Å². The molecule has 0 saturated carbocycles. The van der Waals surface area contributed by atoms with E-state index >= 15 is 0 Å². The molecule has 0 unspecified atom stereocenters. The Morgan fingerprint density at radius 2 is 1.72 bits per heavy atom. The first-order chi connectivity index (χ1) is 15.7. The molecule has 1 saturated heterocycles. The monoisotopic (exact) mass is 443 g/mol. The molecule has 0 amide bonds. The predicted molar refractivity (Wildman–Crippen MR) is 130 cm³/mol. The molecule has 4 aromatic rings. The van der Waals surface area contributed by atoms with E-state index in [-0.39, 0.29) is 11.5 Å². The number of carbonyl (C=O) groups is 1. The van der Waals surface area contributed by atoms with Crippen molar-refractivity contribution in [1.82, 2.24) is 4.90 Å². The molecule has 0 spiro atoms. The van der Waals surface area contributed by atoms with Crippen molar-refractivity contribution in [2.24, 2.45) is 0 Å². The van der Waals surface area contributed by atoms with Crippen LogP contribution in [0.3, 0.4) is 0 Å². The molecular formula is C27H25NO3S. The molecule has 1 fully saturated rings. The highest BCUT2D eigenvalue weighted by atomic mass is 32.1. The van der Waals surface area contributed by atoms with E-state index in [2.05, 4.69) is 4.90 Å². The number of thiophene rings is 1. The second-order valence-corrected chi connectivity index (χ2v) is 9.16. The molecular weight excluding hydrogens is 418 g/mol. The van der Waals surface area contributed by atoms with Crippen LogP contribution in [0.2, 0.25) is 0 Å². The lowest BCUT2D eigenvalue weighted by molar-refractivity contribution is 0.104. The largest absolute Gasteiger partial charge is 0.508 e. The second kappa shape index (κ2) is 9.15. The molecule has 2 heterocycles. The number of benzene rings is 3. The fraction of sp³-hybridized carbons (Fsp3) is 0.222. The minimum absolute atomic E-state index is 0.0107. The van der Waals surface area contributed by atoms with Crippen LogP contribution in [0.5, 0.6) is 11.5 Å². The topological polar surface area (TPSA) is 49.8 Å². The van der Waals surface area contributed by atoms with Crippen molar-refractivity contribution in [1.29, 1.82) is 0 Å². The Morgan fingerprint density at radius 1 is 0.969 bits per heavy atom. The zero-order valence-corrected chi connectivity index (χ0v) is 18.6. The summed E-state index contributed by atoms with van der Waals surface area (Å²) in [5.41, 5.74) is 2.30. The molecule has 0 bridgehead atoms. The quantitative estimate of drug-likeness (QED) is 0.357. The van der Waals surface area contributed by atoms with Gasteiger partial charge in [-0.25, -0.2) is 0 Å². The molecule has 0 aliphatic carbocycles. The van der Waals surface area contributed by atoms with E-state index in [1.165, 1.54) is 37.3 Å². The van der Waals surface area contributed by atoms with Gasteiger partial charge in [0.05, 0.1) is 0 Å². The molecule has 4 nitrogen and oxygen atoms in total. The van der Waals surface area contributed by atoms with E-state index in [4.69, 9.17) is 4.74 Å². The van der Waals surface area contributed by atoms with E-state index in [1.54, 1.807) is 12.1 Å². The van der Waals surface area contributed by atoms with Crippen molar-refractivity contribution < 1.29 is 14.6 Å². The number of carbonyl (C=O) groups excluding carboxylic acids is 1. The van der Waals surface area contributed by atoms with Gasteiger partial charge in [0.15, 0.2) is 5.78 Å². The van der Waals surface area contributed by atoms with Crippen LogP contribution in [0.15, 0.2) is 72.8 Å². The number of phenolic OH excluding ortho intramolecular Hbond substituents is 1. The average molecular weight is 444 g/mol. The number of hydrogen-bond acceptors (Lipinski definition) is 5. The second-order valence-electron chi connectivity index (χ2n) is 8.10. The maximum atomic E-state index is 13.4. The Labute approximate surface area is 191 Å². The number of ketones is 1. The normalized spacial score (nSPS) is 14.1. The van der Waals surface area contributed by atoms with Gasteiger partial charge >= 0.3 is 0 Å². The lowest BCUT2D eigenvalue weighted by atomic mass is 9.97. The highest BCUT2D eigenvalue weighted by molar-refractivity contribution is 7.22. The summed E-state index contributed by atoms with van der Waals surface area (Å²) in [5.74, 6) is 1.02. The standard InChI is InChI=1S/C27H25NO3S/c29-21-10-13-23-24(18-21)32-27(25(23)26(30)19-6-2-1-3-7-19)20-8-11-22(12-9-20)31-17-16-28-14-4-5-15-28/h1-3,6-13,18,29H,4-5,14-17H2. The summed E-state index contributed by atoms with van der Waals surface area (Å²) in [6, 6.07) is 22.5. The number of rotatable bonds is 7. The van der Waals surface area contributed by atoms with E-state index < -0.39 is 0 Å². The summed E-state index contributed by atoms with van der Waals surface area (Å²) in [6.45, 7) is 3.97. The Morgan fingerprint density at radius 3 is 2.47 bits per heavy atom. The van der Waals surface area contributed by atoms with Crippen LogP contribution in [-0.4, -0.2) is 42.0 Å². The maximum absolute atomic E-state index is 13.4. The first kappa shape index (κ1) is 20.7. The number of aromatic hydroxyl groups is 1. The third-order valence-corrected chi connectivity index (χ3v) is 7.13. The average Bonchev–Trinajstić information content (AvgIpc) is 3.47. The zero-order chi connectivity index (χ0) is 21.9. The third-order valence-electron chi connectivity index (χ3n) is 5.93. The van der Waals surface area contributed by atoms with Crippen LogP contribution in [0.25, 0.3) is 20.5 Å². The summed E-state index contributed by atoms with van der Waals surface area (Å²) in [5, 5.41) is 10.8. The lowest BCUT2D eigenvalue weighted by Gasteiger charge is -2.15. The fourth-order valence-electron chi connectivity index (χ4n) is 4.25. The lowest BCUT2D eigenvalue weighted by Crippen LogP contribution is -2.25. The first-order valence-electron chi connectivity index (χ1n) is 11.0. The van der Waals surface area contributed by atoms with Gasteiger partial charge in [-0.1, -0.05) is 30.3 Å². The van der Waals surface area contributed by atoms with E-state index in [0.29, 0.717) is 17.7 Å². The van der Waals surface area contributed by atoms with E-state index in [0.717, 1.165) is 32.8 Å². The number of phenols is 1. The van der Waals surface area contributed by atoms with Crippen LogP contribution >= 0.6 is 11.3 Å². The molecule has 0 atom stereocenters. The predicted octanol–water partition coefficient (Wildman–Crippen LogP) is 5.98. The number of nitrogens with zero attached hydrogens (tertiary/aromatic N) is 1. The molecule has 3 aromatic carbocycles. The van der Waals surface area contributed by atoms with Gasteiger partial charge in [-0.3, -0.25) is 9.69 Å². The highest BCUT2D eigenvalue weighted by Crippen LogP contribution is 2.41. The van der Waals surface area contributed by atoms with Gasteiger partial charge in [0.25, 0.3) is 0 Å². The smallest absolute Gasteiger partial charge is 0.195 e. The number of ether oxygens (including phenoxy) is 1. The van der Waals surface area contributed by atoms with Crippen molar-refractivity contribution in [3.8, 4) is 21.9 Å². The van der Waals surface area contributed by atoms with Gasteiger partial charge in [0.1, 0.15) is 18.1 Å². The molecule has 162 valence electrons. The Kier molecular flexibility index (Phi) is 5.93. The minimum Gasteiger partial charge on any atom is -0.508 e. The first-order valence-corrected chi connectivity index (χ1v) is 11.8. The summed E-state index contributed by atoms with van der Waals surface area (Å²) >= 11 is 1.53. The summed E-state index contributed by atoms with van der Waals surface area (Å²) < 4.78 is 6.84. The van der Waals surface area contributed by atoms with Crippen molar-refractivity contribution in [3.05, 3.63) is 83.9 Å². The van der Waals surface area contributed by atoms with Crippen LogP contribution in [-0.2, 0) is 0 Å². The molecule has 1 N–H and O–H groups in total. The van der Waals surface area contributed by atoms with Crippen LogP contribution < -0.4 is 4.74 Å². The zero-order valence-electron chi connectivity index (χ0n) is 17.8. The van der Waals surface area contributed by atoms with Crippen molar-refractivity contribution >= 4 is 27.2 Å². The number of fused-ring (bicyclic) bond motifs is 1.